The SMILES string of the molecule is CCn1nccc1C(=O)N1C[C@@H]2CCCN3CCC[C@@H]([C@H]23)[C@H]1CCCC(=O)Nc1ccccc1. The zero-order valence-electron chi connectivity index (χ0n) is 20.2. The molecular formula is C27H37N5O2. The van der Waals surface area contributed by atoms with Crippen LogP contribution in [-0.2, 0) is 11.3 Å². The summed E-state index contributed by atoms with van der Waals surface area (Å²) < 4.78 is 1.81. The maximum Gasteiger partial charge on any atom is 0.272 e. The fourth-order valence-electron chi connectivity index (χ4n) is 6.73. The Morgan fingerprint density at radius 1 is 1.09 bits per heavy atom. The van der Waals surface area contributed by atoms with Crippen molar-refractivity contribution in [2.45, 2.75) is 70.5 Å². The molecule has 4 heterocycles. The van der Waals surface area contributed by atoms with E-state index in [-0.39, 0.29) is 17.9 Å². The number of para-hydroxylation sites is 1. The number of hydrogen-bond acceptors (Lipinski definition) is 4. The third kappa shape index (κ3) is 4.63. The van der Waals surface area contributed by atoms with Crippen molar-refractivity contribution in [3.05, 3.63) is 48.3 Å². The Morgan fingerprint density at radius 2 is 1.88 bits per heavy atom. The Bertz CT molecular complexity index is 988. The van der Waals surface area contributed by atoms with E-state index in [1.54, 1.807) is 6.20 Å². The molecule has 182 valence electrons. The topological polar surface area (TPSA) is 70.5 Å². The second kappa shape index (κ2) is 10.3. The molecule has 1 aromatic carbocycles. The van der Waals surface area contributed by atoms with Gasteiger partial charge >= 0.3 is 0 Å². The largest absolute Gasteiger partial charge is 0.334 e. The molecule has 2 amide bonds. The highest BCUT2D eigenvalue weighted by molar-refractivity contribution is 5.93. The lowest BCUT2D eigenvalue weighted by Gasteiger charge is -2.57. The number of hydrogen-bond donors (Lipinski definition) is 1. The van der Waals surface area contributed by atoms with E-state index in [2.05, 4.69) is 20.2 Å². The van der Waals surface area contributed by atoms with E-state index in [0.29, 0.717) is 36.5 Å². The summed E-state index contributed by atoms with van der Waals surface area (Å²) in [6.07, 6.45) is 8.68. The average Bonchev–Trinajstić information content (AvgIpc) is 3.34. The van der Waals surface area contributed by atoms with E-state index < -0.39 is 0 Å². The molecule has 3 aliphatic rings. The van der Waals surface area contributed by atoms with Gasteiger partial charge in [-0.25, -0.2) is 0 Å². The van der Waals surface area contributed by atoms with Crippen molar-refractivity contribution in [2.75, 3.05) is 25.0 Å². The fourth-order valence-corrected chi connectivity index (χ4v) is 6.73. The molecule has 1 N–H and O–H groups in total. The summed E-state index contributed by atoms with van der Waals surface area (Å²) in [5.41, 5.74) is 1.53. The lowest BCUT2D eigenvalue weighted by molar-refractivity contribution is -0.116. The van der Waals surface area contributed by atoms with Crippen LogP contribution in [0.4, 0.5) is 5.69 Å². The zero-order chi connectivity index (χ0) is 23.5. The Hall–Kier alpha value is -2.67. The highest BCUT2D eigenvalue weighted by Crippen LogP contribution is 2.43. The quantitative estimate of drug-likeness (QED) is 0.673. The van der Waals surface area contributed by atoms with Crippen LogP contribution < -0.4 is 5.32 Å². The first-order chi connectivity index (χ1) is 16.7. The highest BCUT2D eigenvalue weighted by atomic mass is 16.2. The first kappa shape index (κ1) is 23.1. The van der Waals surface area contributed by atoms with Crippen molar-refractivity contribution < 1.29 is 9.59 Å². The van der Waals surface area contributed by atoms with Gasteiger partial charge in [0.25, 0.3) is 5.91 Å². The molecule has 4 atom stereocenters. The van der Waals surface area contributed by atoms with Crippen LogP contribution in [0.15, 0.2) is 42.6 Å². The van der Waals surface area contributed by atoms with Gasteiger partial charge in [0.1, 0.15) is 5.69 Å². The number of aromatic nitrogens is 2. The molecule has 3 fully saturated rings. The fraction of sp³-hybridized carbons (Fsp3) is 0.593. The van der Waals surface area contributed by atoms with Crippen molar-refractivity contribution in [1.29, 1.82) is 0 Å². The monoisotopic (exact) mass is 463 g/mol. The van der Waals surface area contributed by atoms with Crippen LogP contribution in [0.1, 0.15) is 62.4 Å². The van der Waals surface area contributed by atoms with Gasteiger partial charge in [-0.2, -0.15) is 5.10 Å². The minimum Gasteiger partial charge on any atom is -0.334 e. The Morgan fingerprint density at radius 3 is 2.68 bits per heavy atom. The van der Waals surface area contributed by atoms with Gasteiger partial charge in [0.05, 0.1) is 0 Å². The van der Waals surface area contributed by atoms with Crippen LogP contribution >= 0.6 is 0 Å². The van der Waals surface area contributed by atoms with E-state index in [4.69, 9.17) is 0 Å². The summed E-state index contributed by atoms with van der Waals surface area (Å²) in [5, 5.41) is 7.35. The predicted octanol–water partition coefficient (Wildman–Crippen LogP) is 4.03. The van der Waals surface area contributed by atoms with Gasteiger partial charge in [-0.1, -0.05) is 18.2 Å². The van der Waals surface area contributed by atoms with Crippen LogP contribution in [0, 0.1) is 11.8 Å². The maximum atomic E-state index is 13.8. The second-order valence-corrected chi connectivity index (χ2v) is 10.1. The Labute approximate surface area is 202 Å². The summed E-state index contributed by atoms with van der Waals surface area (Å²) in [6.45, 7) is 5.93. The van der Waals surface area contributed by atoms with Crippen molar-refractivity contribution in [3.63, 3.8) is 0 Å². The van der Waals surface area contributed by atoms with Crippen LogP contribution in [0.3, 0.4) is 0 Å². The van der Waals surface area contributed by atoms with Gasteiger partial charge < -0.3 is 10.2 Å². The van der Waals surface area contributed by atoms with Crippen LogP contribution in [-0.4, -0.2) is 63.1 Å². The standard InChI is InChI=1S/C27H37N5O2/c1-2-32-24(15-16-28-32)27(34)31-19-20-9-7-17-30-18-8-12-22(26(20)30)23(31)13-6-14-25(33)29-21-10-4-3-5-11-21/h3-5,10-11,15-16,20,22-23,26H,2,6-9,12-14,17-19H2,1H3,(H,29,33)/t20-,22+,23+,26-/m0/s1. The number of nitrogens with zero attached hydrogens (tertiary/aromatic N) is 4. The van der Waals surface area contributed by atoms with E-state index in [1.807, 2.05) is 48.0 Å². The molecule has 0 aliphatic carbocycles. The maximum absolute atomic E-state index is 13.8. The lowest BCUT2D eigenvalue weighted by Crippen LogP contribution is -2.65. The second-order valence-electron chi connectivity index (χ2n) is 10.1. The first-order valence-electron chi connectivity index (χ1n) is 13.1. The molecule has 34 heavy (non-hydrogen) atoms. The minimum absolute atomic E-state index is 0.0461. The lowest BCUT2D eigenvalue weighted by atomic mass is 9.69. The van der Waals surface area contributed by atoms with Gasteiger partial charge in [0, 0.05) is 43.5 Å². The number of carbonyl (C=O) groups excluding carboxylic acids is 2. The molecule has 0 spiro atoms. The predicted molar refractivity (Wildman–Crippen MR) is 132 cm³/mol. The molecule has 1 aromatic heterocycles. The molecule has 5 rings (SSSR count). The average molecular weight is 464 g/mol. The summed E-state index contributed by atoms with van der Waals surface area (Å²) in [5.74, 6) is 1.20. The minimum atomic E-state index is 0.0461. The normalized spacial score (nSPS) is 26.7. The molecule has 7 nitrogen and oxygen atoms in total. The van der Waals surface area contributed by atoms with Crippen molar-refractivity contribution >= 4 is 17.5 Å². The van der Waals surface area contributed by atoms with E-state index in [9.17, 15) is 9.59 Å². The highest BCUT2D eigenvalue weighted by Gasteiger charge is 2.49. The molecular weight excluding hydrogens is 426 g/mol. The van der Waals surface area contributed by atoms with E-state index in [1.165, 1.54) is 38.8 Å². The third-order valence-corrected chi connectivity index (χ3v) is 8.13. The Balaban J connectivity index is 1.32. The van der Waals surface area contributed by atoms with Crippen molar-refractivity contribution in [3.8, 4) is 0 Å². The van der Waals surface area contributed by atoms with Gasteiger partial charge in [-0.3, -0.25) is 19.2 Å². The summed E-state index contributed by atoms with van der Waals surface area (Å²) in [4.78, 5) is 31.2. The molecule has 3 saturated heterocycles. The summed E-state index contributed by atoms with van der Waals surface area (Å²) in [7, 11) is 0. The first-order valence-corrected chi connectivity index (χ1v) is 13.1. The molecule has 3 aliphatic heterocycles. The number of amides is 2. The zero-order valence-corrected chi connectivity index (χ0v) is 20.2. The van der Waals surface area contributed by atoms with Gasteiger partial charge in [-0.15, -0.1) is 0 Å². The van der Waals surface area contributed by atoms with Gasteiger partial charge in [0.15, 0.2) is 0 Å². The van der Waals surface area contributed by atoms with Gasteiger partial charge in [0.2, 0.25) is 5.91 Å². The summed E-state index contributed by atoms with van der Waals surface area (Å²) in [6, 6.07) is 12.3. The Kier molecular flexibility index (Phi) is 6.99. The van der Waals surface area contributed by atoms with E-state index >= 15 is 0 Å². The number of rotatable bonds is 7. The smallest absolute Gasteiger partial charge is 0.272 e. The number of anilines is 1. The third-order valence-electron chi connectivity index (χ3n) is 8.13. The molecule has 0 unspecified atom stereocenters. The number of benzene rings is 1. The summed E-state index contributed by atoms with van der Waals surface area (Å²) >= 11 is 0. The molecule has 7 heteroatoms. The van der Waals surface area contributed by atoms with Crippen LogP contribution in [0.5, 0.6) is 0 Å². The van der Waals surface area contributed by atoms with Crippen LogP contribution in [0.25, 0.3) is 0 Å². The number of carbonyl (C=O) groups is 2. The molecule has 0 bridgehead atoms. The van der Waals surface area contributed by atoms with Crippen LogP contribution in [0.2, 0.25) is 0 Å². The number of likely N-dealkylation sites (tertiary alicyclic amines) is 1. The van der Waals surface area contributed by atoms with Gasteiger partial charge in [-0.05, 0) is 88.6 Å². The molecule has 0 saturated carbocycles. The molecule has 2 aromatic rings. The number of aryl methyl sites for hydroxylation is 1. The number of piperidine rings is 3. The van der Waals surface area contributed by atoms with E-state index in [0.717, 1.165) is 25.1 Å². The molecule has 0 radical (unpaired) electrons. The van der Waals surface area contributed by atoms with Crippen molar-refractivity contribution in [1.82, 2.24) is 19.6 Å². The van der Waals surface area contributed by atoms with Crippen molar-refractivity contribution in [2.24, 2.45) is 11.8 Å². The number of nitrogens with one attached hydrogen (secondary N) is 1.